The molecule has 2 aromatic carbocycles. The Morgan fingerprint density at radius 3 is 2.60 bits per heavy atom. The van der Waals surface area contributed by atoms with Gasteiger partial charge in [-0.25, -0.2) is 0 Å². The maximum Gasteiger partial charge on any atom is 0.256 e. The lowest BCUT2D eigenvalue weighted by Crippen LogP contribution is -2.46. The Balaban J connectivity index is 1.19. The quantitative estimate of drug-likeness (QED) is 0.516. The number of hydrogen-bond donors (Lipinski definition) is 1. The number of likely N-dealkylation sites (tertiary alicyclic amines) is 1. The van der Waals surface area contributed by atoms with Gasteiger partial charge in [0.2, 0.25) is 11.8 Å². The monoisotopic (exact) mass is 573 g/mol. The molecule has 0 unspecified atom stereocenters. The Morgan fingerprint density at radius 1 is 0.929 bits per heavy atom. The molecule has 0 spiro atoms. The van der Waals surface area contributed by atoms with E-state index in [1.807, 2.05) is 76.1 Å². The summed E-state index contributed by atoms with van der Waals surface area (Å²) in [5.74, 6) is 0.0899. The Hall–Kier alpha value is -3.89. The summed E-state index contributed by atoms with van der Waals surface area (Å²) >= 11 is 0. The number of morpholine rings is 1. The van der Waals surface area contributed by atoms with Gasteiger partial charge >= 0.3 is 0 Å². The number of nitrogens with one attached hydrogen (secondary N) is 1. The van der Waals surface area contributed by atoms with Crippen LogP contribution in [0.25, 0.3) is 10.9 Å². The lowest BCUT2D eigenvalue weighted by Gasteiger charge is -2.30. The van der Waals surface area contributed by atoms with E-state index in [-0.39, 0.29) is 29.6 Å². The van der Waals surface area contributed by atoms with Gasteiger partial charge in [-0.3, -0.25) is 19.3 Å². The van der Waals surface area contributed by atoms with Crippen LogP contribution in [0.5, 0.6) is 5.75 Å². The smallest absolute Gasteiger partial charge is 0.256 e. The molecular formula is C32H39N5O5. The molecule has 222 valence electrons. The van der Waals surface area contributed by atoms with Crippen molar-refractivity contribution in [2.75, 3.05) is 72.2 Å². The second-order valence-electron chi connectivity index (χ2n) is 11.4. The number of carbonyl (C=O) groups is 3. The molecule has 2 bridgehead atoms. The molecule has 0 radical (unpaired) electrons. The van der Waals surface area contributed by atoms with E-state index in [4.69, 9.17) is 9.47 Å². The van der Waals surface area contributed by atoms with E-state index in [9.17, 15) is 14.4 Å². The van der Waals surface area contributed by atoms with Crippen LogP contribution in [0.4, 0.5) is 0 Å². The van der Waals surface area contributed by atoms with E-state index in [1.54, 1.807) is 0 Å². The van der Waals surface area contributed by atoms with Gasteiger partial charge in [-0.1, -0.05) is 30.3 Å². The first kappa shape index (κ1) is 28.2. The summed E-state index contributed by atoms with van der Waals surface area (Å²) in [6.07, 6.45) is 2.52. The molecule has 2 fully saturated rings. The third-order valence-corrected chi connectivity index (χ3v) is 8.71. The Morgan fingerprint density at radius 2 is 1.74 bits per heavy atom. The molecule has 0 aliphatic carbocycles. The Labute approximate surface area is 246 Å². The number of rotatable bonds is 3. The number of nitrogens with zero attached hydrogens (tertiary/aromatic N) is 4. The molecule has 3 amide bonds. The van der Waals surface area contributed by atoms with E-state index in [1.165, 1.54) is 0 Å². The van der Waals surface area contributed by atoms with Gasteiger partial charge in [0.25, 0.3) is 5.91 Å². The third kappa shape index (κ3) is 6.00. The molecule has 1 aromatic heterocycles. The predicted molar refractivity (Wildman–Crippen MR) is 158 cm³/mol. The van der Waals surface area contributed by atoms with Gasteiger partial charge in [-0.15, -0.1) is 0 Å². The zero-order chi connectivity index (χ0) is 29.1. The molecule has 42 heavy (non-hydrogen) atoms. The highest BCUT2D eigenvalue weighted by Gasteiger charge is 2.41. The SMILES string of the molecule is Cn1cc(C(=O)N2C[C@@H]3C(=O)NCCCN(C(=O)CN4CCOCC4)CCOc4cccc(c4)[C@H]3C2)c2ccccc21. The highest BCUT2D eigenvalue weighted by Crippen LogP contribution is 2.36. The topological polar surface area (TPSA) is 96.4 Å². The molecule has 10 nitrogen and oxygen atoms in total. The van der Waals surface area contributed by atoms with Crippen molar-refractivity contribution in [3.8, 4) is 5.75 Å². The molecule has 2 atom stereocenters. The van der Waals surface area contributed by atoms with Gasteiger partial charge < -0.3 is 29.2 Å². The number of benzene rings is 2. The number of fused-ring (bicyclic) bond motifs is 5. The summed E-state index contributed by atoms with van der Waals surface area (Å²) in [6.45, 7) is 5.79. The molecule has 3 aliphatic heterocycles. The first-order chi connectivity index (χ1) is 20.5. The van der Waals surface area contributed by atoms with E-state index >= 15 is 0 Å². The molecule has 3 aliphatic rings. The van der Waals surface area contributed by atoms with E-state index in [0.29, 0.717) is 76.8 Å². The van der Waals surface area contributed by atoms with Gasteiger partial charge in [0.1, 0.15) is 12.4 Å². The minimum absolute atomic E-state index is 0.0612. The summed E-state index contributed by atoms with van der Waals surface area (Å²) in [5, 5.41) is 4.03. The van der Waals surface area contributed by atoms with Crippen molar-refractivity contribution in [1.82, 2.24) is 24.6 Å². The van der Waals surface area contributed by atoms with E-state index < -0.39 is 0 Å². The van der Waals surface area contributed by atoms with Crippen LogP contribution in [0.15, 0.2) is 54.7 Å². The van der Waals surface area contributed by atoms with Crippen LogP contribution in [0.2, 0.25) is 0 Å². The van der Waals surface area contributed by atoms with Crippen molar-refractivity contribution >= 4 is 28.6 Å². The summed E-state index contributed by atoms with van der Waals surface area (Å²) < 4.78 is 13.5. The van der Waals surface area contributed by atoms with E-state index in [0.717, 1.165) is 29.6 Å². The largest absolute Gasteiger partial charge is 0.492 e. The third-order valence-electron chi connectivity index (χ3n) is 8.71. The number of carbonyl (C=O) groups excluding carboxylic acids is 3. The van der Waals surface area contributed by atoms with Gasteiger partial charge in [0.05, 0.1) is 37.8 Å². The van der Waals surface area contributed by atoms with Crippen molar-refractivity contribution in [2.24, 2.45) is 13.0 Å². The van der Waals surface area contributed by atoms with Crippen LogP contribution in [-0.2, 0) is 21.4 Å². The average molecular weight is 574 g/mol. The summed E-state index contributed by atoms with van der Waals surface area (Å²) in [6, 6.07) is 15.7. The number of aromatic nitrogens is 1. The van der Waals surface area contributed by atoms with Crippen LogP contribution in [-0.4, -0.2) is 109 Å². The van der Waals surface area contributed by atoms with E-state index in [2.05, 4.69) is 10.2 Å². The molecule has 2 saturated heterocycles. The maximum absolute atomic E-state index is 13.8. The summed E-state index contributed by atoms with van der Waals surface area (Å²) in [4.78, 5) is 46.3. The summed E-state index contributed by atoms with van der Waals surface area (Å²) in [5.41, 5.74) is 2.62. The van der Waals surface area contributed by atoms with Gasteiger partial charge in [0.15, 0.2) is 0 Å². The van der Waals surface area contributed by atoms with Crippen molar-refractivity contribution in [2.45, 2.75) is 12.3 Å². The molecule has 1 N–H and O–H groups in total. The lowest BCUT2D eigenvalue weighted by molar-refractivity contribution is -0.133. The standard InChI is InChI=1S/C32H39N5O5/c1-34-19-28(25-8-2-3-9-29(25)34)32(40)37-20-26-23-6-4-7-24(18-23)42-17-14-36(11-5-10-33-31(39)27(26)21-37)30(38)22-35-12-15-41-16-13-35/h2-4,6-9,18-19,26-27H,5,10-17,20-22H2,1H3,(H,33,39)/t26-,27+/m1/s1. The van der Waals surface area contributed by atoms with Crippen molar-refractivity contribution in [3.63, 3.8) is 0 Å². The number of para-hydroxylation sites is 1. The average Bonchev–Trinajstić information content (AvgIpc) is 3.60. The zero-order valence-corrected chi connectivity index (χ0v) is 24.2. The first-order valence-corrected chi connectivity index (χ1v) is 14.9. The maximum atomic E-state index is 13.8. The predicted octanol–water partition coefficient (Wildman–Crippen LogP) is 2.09. The second kappa shape index (κ2) is 12.5. The molecule has 4 heterocycles. The first-order valence-electron chi connectivity index (χ1n) is 14.9. The minimum atomic E-state index is -0.388. The Bertz CT molecular complexity index is 1450. The zero-order valence-electron chi connectivity index (χ0n) is 24.2. The highest BCUT2D eigenvalue weighted by atomic mass is 16.5. The number of hydrogen-bond acceptors (Lipinski definition) is 6. The second-order valence-corrected chi connectivity index (χ2v) is 11.4. The molecular weight excluding hydrogens is 534 g/mol. The van der Waals surface area contributed by atoms with Crippen LogP contribution in [0, 0.1) is 5.92 Å². The van der Waals surface area contributed by atoms with Gasteiger partial charge in [0, 0.05) is 69.3 Å². The number of ether oxygens (including phenoxy) is 2. The molecule has 0 saturated carbocycles. The molecule has 3 aromatic rings. The van der Waals surface area contributed by atoms with Gasteiger partial charge in [-0.05, 0) is 30.2 Å². The highest BCUT2D eigenvalue weighted by molar-refractivity contribution is 6.07. The van der Waals surface area contributed by atoms with Crippen LogP contribution in [0.1, 0.15) is 28.3 Å². The van der Waals surface area contributed by atoms with Crippen LogP contribution >= 0.6 is 0 Å². The molecule has 10 heteroatoms. The van der Waals surface area contributed by atoms with Crippen LogP contribution in [0.3, 0.4) is 0 Å². The van der Waals surface area contributed by atoms with Crippen LogP contribution < -0.4 is 10.1 Å². The lowest BCUT2D eigenvalue weighted by atomic mass is 9.88. The fourth-order valence-corrected chi connectivity index (χ4v) is 6.39. The number of amides is 3. The summed E-state index contributed by atoms with van der Waals surface area (Å²) in [7, 11) is 1.94. The normalized spacial score (nSPS) is 22.3. The minimum Gasteiger partial charge on any atom is -0.492 e. The number of aryl methyl sites for hydroxylation is 1. The van der Waals surface area contributed by atoms with Crippen molar-refractivity contribution in [3.05, 3.63) is 65.9 Å². The van der Waals surface area contributed by atoms with Gasteiger partial charge in [-0.2, -0.15) is 0 Å². The fourth-order valence-electron chi connectivity index (χ4n) is 6.39. The molecule has 6 rings (SSSR count). The Kier molecular flexibility index (Phi) is 8.43. The fraction of sp³-hybridized carbons (Fsp3) is 0.469. The van der Waals surface area contributed by atoms with Crippen molar-refractivity contribution < 1.29 is 23.9 Å². The van der Waals surface area contributed by atoms with Crippen molar-refractivity contribution in [1.29, 1.82) is 0 Å².